The molecule has 96 valence electrons. The van der Waals surface area contributed by atoms with Crippen molar-refractivity contribution in [3.8, 4) is 0 Å². The van der Waals surface area contributed by atoms with Crippen LogP contribution >= 0.6 is 0 Å². The zero-order valence-electron chi connectivity index (χ0n) is 9.96. The number of carbonyl (C=O) groups is 2. The van der Waals surface area contributed by atoms with Crippen LogP contribution in [-0.2, 0) is 4.79 Å². The van der Waals surface area contributed by atoms with Gasteiger partial charge in [0.05, 0.1) is 0 Å². The van der Waals surface area contributed by atoms with Crippen LogP contribution < -0.4 is 5.32 Å². The molecule has 1 aromatic heterocycles. The first-order chi connectivity index (χ1) is 9.16. The second kappa shape index (κ2) is 5.68. The fourth-order valence-corrected chi connectivity index (χ4v) is 1.52. The van der Waals surface area contributed by atoms with Gasteiger partial charge in [-0.2, -0.15) is 0 Å². The minimum absolute atomic E-state index is 0.184. The average Bonchev–Trinajstić information content (AvgIpc) is 2.91. The summed E-state index contributed by atoms with van der Waals surface area (Å²) in [5.41, 5.74) is 0.822. The Kier molecular flexibility index (Phi) is 3.78. The lowest BCUT2D eigenvalue weighted by atomic mass is 10.2. The number of carboxylic acid groups (broad SMARTS) is 1. The first-order valence-corrected chi connectivity index (χ1v) is 5.61. The quantitative estimate of drug-likeness (QED) is 0.730. The molecule has 2 rings (SSSR count). The van der Waals surface area contributed by atoms with E-state index in [1.54, 1.807) is 48.7 Å². The number of H-pyrrole nitrogens is 1. The summed E-state index contributed by atoms with van der Waals surface area (Å²) in [5.74, 6) is -1.65. The highest BCUT2D eigenvalue weighted by atomic mass is 16.4. The van der Waals surface area contributed by atoms with Crippen LogP contribution in [0.1, 0.15) is 16.1 Å². The Morgan fingerprint density at radius 3 is 2.42 bits per heavy atom. The largest absolute Gasteiger partial charge is 0.477 e. The summed E-state index contributed by atoms with van der Waals surface area (Å²) >= 11 is 0. The molecule has 0 aliphatic rings. The molecule has 0 bridgehead atoms. The van der Waals surface area contributed by atoms with Crippen LogP contribution in [0.5, 0.6) is 0 Å². The molecule has 5 nitrogen and oxygen atoms in total. The van der Waals surface area contributed by atoms with E-state index in [4.69, 9.17) is 5.11 Å². The van der Waals surface area contributed by atoms with Crippen LogP contribution in [0.4, 0.5) is 0 Å². The number of nitrogens with one attached hydrogen (secondary N) is 2. The van der Waals surface area contributed by atoms with Crippen LogP contribution in [-0.4, -0.2) is 22.0 Å². The second-order valence-electron chi connectivity index (χ2n) is 3.81. The van der Waals surface area contributed by atoms with Gasteiger partial charge in [0.25, 0.3) is 5.91 Å². The van der Waals surface area contributed by atoms with E-state index in [0.29, 0.717) is 11.3 Å². The molecular weight excluding hydrogens is 244 g/mol. The van der Waals surface area contributed by atoms with Gasteiger partial charge in [-0.05, 0) is 30.3 Å². The molecule has 0 unspecified atom stereocenters. The number of rotatable bonds is 4. The number of aliphatic carboxylic acids is 1. The summed E-state index contributed by atoms with van der Waals surface area (Å²) in [6.45, 7) is 0. The number of carbonyl (C=O) groups excluding carboxylic acids is 1. The van der Waals surface area contributed by atoms with Crippen molar-refractivity contribution in [3.63, 3.8) is 0 Å². The smallest absolute Gasteiger partial charge is 0.352 e. The Morgan fingerprint density at radius 2 is 1.84 bits per heavy atom. The molecular formula is C14H12N2O3. The van der Waals surface area contributed by atoms with Gasteiger partial charge in [0.15, 0.2) is 0 Å². The number of amides is 1. The Hall–Kier alpha value is -2.82. The summed E-state index contributed by atoms with van der Waals surface area (Å²) < 4.78 is 0. The fraction of sp³-hybridized carbons (Fsp3) is 0. The molecule has 0 aliphatic carbocycles. The first-order valence-electron chi connectivity index (χ1n) is 5.61. The third-order valence-electron chi connectivity index (χ3n) is 2.44. The van der Waals surface area contributed by atoms with Gasteiger partial charge >= 0.3 is 5.97 Å². The van der Waals surface area contributed by atoms with Gasteiger partial charge in [0, 0.05) is 17.5 Å². The van der Waals surface area contributed by atoms with E-state index in [0.717, 1.165) is 0 Å². The molecule has 19 heavy (non-hydrogen) atoms. The fourth-order valence-electron chi connectivity index (χ4n) is 1.52. The van der Waals surface area contributed by atoms with E-state index in [-0.39, 0.29) is 5.70 Å². The number of hydrogen-bond donors (Lipinski definition) is 3. The van der Waals surface area contributed by atoms with Crippen LogP contribution in [0.15, 0.2) is 54.4 Å². The number of aromatic nitrogens is 1. The van der Waals surface area contributed by atoms with E-state index < -0.39 is 11.9 Å². The van der Waals surface area contributed by atoms with Crippen molar-refractivity contribution < 1.29 is 14.7 Å². The third-order valence-corrected chi connectivity index (χ3v) is 2.44. The number of carboxylic acids is 1. The predicted octanol–water partition coefficient (Wildman–Crippen LogP) is 1.87. The van der Waals surface area contributed by atoms with E-state index >= 15 is 0 Å². The van der Waals surface area contributed by atoms with Gasteiger partial charge in [0.1, 0.15) is 5.70 Å². The summed E-state index contributed by atoms with van der Waals surface area (Å²) in [5, 5.41) is 11.4. The average molecular weight is 256 g/mol. The highest BCUT2D eigenvalue weighted by Crippen LogP contribution is 2.05. The molecule has 0 aliphatic heterocycles. The van der Waals surface area contributed by atoms with Crippen LogP contribution in [0, 0.1) is 0 Å². The SMILES string of the molecule is O=C(O)/C(=C/c1ccc[nH]1)NC(=O)c1ccccc1. The minimum atomic E-state index is -1.20. The van der Waals surface area contributed by atoms with E-state index in [9.17, 15) is 9.59 Å². The van der Waals surface area contributed by atoms with Crippen LogP contribution in [0.3, 0.4) is 0 Å². The van der Waals surface area contributed by atoms with Crippen molar-refractivity contribution in [2.45, 2.75) is 0 Å². The lowest BCUT2D eigenvalue weighted by molar-refractivity contribution is -0.132. The van der Waals surface area contributed by atoms with Crippen LogP contribution in [0.25, 0.3) is 6.08 Å². The molecule has 1 amide bonds. The van der Waals surface area contributed by atoms with E-state index in [1.807, 2.05) is 0 Å². The van der Waals surface area contributed by atoms with Gasteiger partial charge in [0.2, 0.25) is 0 Å². The molecule has 1 heterocycles. The van der Waals surface area contributed by atoms with Crippen molar-refractivity contribution >= 4 is 18.0 Å². The van der Waals surface area contributed by atoms with Gasteiger partial charge in [-0.1, -0.05) is 18.2 Å². The lowest BCUT2D eigenvalue weighted by Crippen LogP contribution is -2.27. The number of aromatic amines is 1. The topological polar surface area (TPSA) is 82.2 Å². The van der Waals surface area contributed by atoms with Crippen molar-refractivity contribution in [2.24, 2.45) is 0 Å². The molecule has 0 saturated carbocycles. The van der Waals surface area contributed by atoms with Gasteiger partial charge in [-0.3, -0.25) is 4.79 Å². The number of benzene rings is 1. The third kappa shape index (κ3) is 3.32. The Labute approximate surface area is 109 Å². The molecule has 0 fully saturated rings. The summed E-state index contributed by atoms with van der Waals surface area (Å²) in [6, 6.07) is 11.9. The monoisotopic (exact) mass is 256 g/mol. The maximum absolute atomic E-state index is 11.9. The highest BCUT2D eigenvalue weighted by molar-refractivity contribution is 6.02. The van der Waals surface area contributed by atoms with Gasteiger partial charge in [-0.25, -0.2) is 4.79 Å². The molecule has 2 aromatic rings. The summed E-state index contributed by atoms with van der Waals surface area (Å²) in [4.78, 5) is 25.8. The molecule has 0 spiro atoms. The van der Waals surface area contributed by atoms with Crippen molar-refractivity contribution in [1.82, 2.24) is 10.3 Å². The highest BCUT2D eigenvalue weighted by Gasteiger charge is 2.13. The molecule has 3 N–H and O–H groups in total. The van der Waals surface area contributed by atoms with E-state index in [2.05, 4.69) is 10.3 Å². The summed E-state index contributed by atoms with van der Waals surface area (Å²) in [7, 11) is 0. The second-order valence-corrected chi connectivity index (χ2v) is 3.81. The van der Waals surface area contributed by atoms with Crippen LogP contribution in [0.2, 0.25) is 0 Å². The van der Waals surface area contributed by atoms with Gasteiger partial charge < -0.3 is 15.4 Å². The zero-order valence-corrected chi connectivity index (χ0v) is 9.96. The van der Waals surface area contributed by atoms with Gasteiger partial charge in [-0.15, -0.1) is 0 Å². The van der Waals surface area contributed by atoms with Crippen molar-refractivity contribution in [1.29, 1.82) is 0 Å². The van der Waals surface area contributed by atoms with Crippen molar-refractivity contribution in [2.75, 3.05) is 0 Å². The molecule has 1 aromatic carbocycles. The lowest BCUT2D eigenvalue weighted by Gasteiger charge is -2.05. The maximum atomic E-state index is 11.9. The Morgan fingerprint density at radius 1 is 1.11 bits per heavy atom. The van der Waals surface area contributed by atoms with E-state index in [1.165, 1.54) is 6.08 Å². The molecule has 0 atom stereocenters. The normalized spacial score (nSPS) is 11.1. The standard InChI is InChI=1S/C14H12N2O3/c17-13(10-5-2-1-3-6-10)16-12(14(18)19)9-11-7-4-8-15-11/h1-9,15H,(H,16,17)(H,18,19)/b12-9-. The zero-order chi connectivity index (χ0) is 13.7. The first kappa shape index (κ1) is 12.6. The molecule has 0 saturated heterocycles. The summed E-state index contributed by atoms with van der Waals surface area (Å²) in [6.07, 6.45) is 3.04. The number of hydrogen-bond acceptors (Lipinski definition) is 2. The molecule has 0 radical (unpaired) electrons. The predicted molar refractivity (Wildman–Crippen MR) is 70.3 cm³/mol. The Balaban J connectivity index is 2.19. The Bertz CT molecular complexity index is 601. The minimum Gasteiger partial charge on any atom is -0.477 e. The maximum Gasteiger partial charge on any atom is 0.352 e. The molecule has 5 heteroatoms. The van der Waals surface area contributed by atoms with Crippen molar-refractivity contribution in [3.05, 3.63) is 65.6 Å².